The fourth-order valence-corrected chi connectivity index (χ4v) is 3.63. The quantitative estimate of drug-likeness (QED) is 0.941. The summed E-state index contributed by atoms with van der Waals surface area (Å²) in [5, 5.41) is 4.41. The van der Waals surface area contributed by atoms with Crippen LogP contribution in [0, 0.1) is 6.92 Å². The average Bonchev–Trinajstić information content (AvgIpc) is 2.87. The molecule has 3 heterocycles. The number of aryl methyl sites for hydroxylation is 1. The van der Waals surface area contributed by atoms with Crippen molar-refractivity contribution < 1.29 is 4.74 Å². The summed E-state index contributed by atoms with van der Waals surface area (Å²) in [6.07, 6.45) is 1.06. The third kappa shape index (κ3) is 2.82. The Morgan fingerprint density at radius 3 is 3.05 bits per heavy atom. The van der Waals surface area contributed by atoms with Gasteiger partial charge in [-0.3, -0.25) is 0 Å². The van der Waals surface area contributed by atoms with Crippen LogP contribution >= 0.6 is 11.3 Å². The lowest BCUT2D eigenvalue weighted by Gasteiger charge is -2.36. The number of nitrogens with zero attached hydrogens (tertiary/aromatic N) is 3. The van der Waals surface area contributed by atoms with Crippen LogP contribution < -0.4 is 10.2 Å². The molecule has 3 rings (SSSR count). The first kappa shape index (κ1) is 14.5. The molecule has 0 spiro atoms. The maximum Gasteiger partial charge on any atom is 0.226 e. The van der Waals surface area contributed by atoms with Crippen molar-refractivity contribution in [3.8, 4) is 0 Å². The Kier molecular flexibility index (Phi) is 4.26. The Bertz CT molecular complexity index is 627. The second-order valence-electron chi connectivity index (χ2n) is 5.31. The van der Waals surface area contributed by atoms with Gasteiger partial charge in [0.25, 0.3) is 0 Å². The molecule has 6 heteroatoms. The standard InChI is InChI=1S/C15H22N4OS/c1-4-11-9-20-7-6-19(11)13-12-8-10(3)21-14(12)18-15(17-13)16-5-2/h8,11H,4-7,9H2,1-3H3,(H,16,17,18). The largest absolute Gasteiger partial charge is 0.377 e. The van der Waals surface area contributed by atoms with E-state index < -0.39 is 0 Å². The molecule has 0 radical (unpaired) electrons. The van der Waals surface area contributed by atoms with Crippen molar-refractivity contribution in [2.24, 2.45) is 0 Å². The van der Waals surface area contributed by atoms with E-state index in [-0.39, 0.29) is 0 Å². The van der Waals surface area contributed by atoms with Crippen molar-refractivity contribution in [2.75, 3.05) is 36.5 Å². The van der Waals surface area contributed by atoms with Gasteiger partial charge in [0.2, 0.25) is 5.95 Å². The molecule has 1 aliphatic rings. The van der Waals surface area contributed by atoms with Crippen LogP contribution in [-0.4, -0.2) is 42.3 Å². The van der Waals surface area contributed by atoms with E-state index in [1.807, 2.05) is 0 Å². The Morgan fingerprint density at radius 1 is 1.43 bits per heavy atom. The molecule has 21 heavy (non-hydrogen) atoms. The molecule has 1 unspecified atom stereocenters. The molecule has 2 aromatic heterocycles. The zero-order valence-corrected chi connectivity index (χ0v) is 13.7. The van der Waals surface area contributed by atoms with Gasteiger partial charge in [-0.25, -0.2) is 4.98 Å². The number of fused-ring (bicyclic) bond motifs is 1. The molecule has 114 valence electrons. The molecule has 0 aliphatic carbocycles. The van der Waals surface area contributed by atoms with Crippen LogP contribution in [0.4, 0.5) is 11.8 Å². The molecule has 0 amide bonds. The lowest BCUT2D eigenvalue weighted by molar-refractivity contribution is 0.0927. The highest BCUT2D eigenvalue weighted by Gasteiger charge is 2.25. The minimum Gasteiger partial charge on any atom is -0.377 e. The number of ether oxygens (including phenoxy) is 1. The van der Waals surface area contributed by atoms with Gasteiger partial charge in [-0.2, -0.15) is 4.98 Å². The van der Waals surface area contributed by atoms with Crippen molar-refractivity contribution in [3.05, 3.63) is 10.9 Å². The predicted molar refractivity (Wildman–Crippen MR) is 88.6 cm³/mol. The average molecular weight is 306 g/mol. The highest BCUT2D eigenvalue weighted by atomic mass is 32.1. The van der Waals surface area contributed by atoms with E-state index in [2.05, 4.69) is 42.0 Å². The van der Waals surface area contributed by atoms with Crippen molar-refractivity contribution in [2.45, 2.75) is 33.2 Å². The first-order valence-electron chi connectivity index (χ1n) is 7.59. The lowest BCUT2D eigenvalue weighted by Crippen LogP contribution is -2.45. The summed E-state index contributed by atoms with van der Waals surface area (Å²) in [7, 11) is 0. The number of rotatable bonds is 4. The molecule has 0 saturated carbocycles. The van der Waals surface area contributed by atoms with E-state index in [1.54, 1.807) is 11.3 Å². The molecule has 0 bridgehead atoms. The molecular weight excluding hydrogens is 284 g/mol. The zero-order valence-electron chi connectivity index (χ0n) is 12.8. The first-order valence-corrected chi connectivity index (χ1v) is 8.41. The molecule has 1 fully saturated rings. The van der Waals surface area contributed by atoms with Crippen LogP contribution in [0.25, 0.3) is 10.2 Å². The van der Waals surface area contributed by atoms with Gasteiger partial charge in [-0.15, -0.1) is 11.3 Å². The summed E-state index contributed by atoms with van der Waals surface area (Å²) in [4.78, 5) is 14.1. The van der Waals surface area contributed by atoms with Gasteiger partial charge >= 0.3 is 0 Å². The van der Waals surface area contributed by atoms with Gasteiger partial charge in [0, 0.05) is 18.0 Å². The Balaban J connectivity index is 2.09. The Hall–Kier alpha value is -1.40. The first-order chi connectivity index (χ1) is 10.2. The minimum absolute atomic E-state index is 0.395. The fourth-order valence-electron chi connectivity index (χ4n) is 2.75. The normalized spacial score (nSPS) is 19.2. The smallest absolute Gasteiger partial charge is 0.226 e. The number of hydrogen-bond donors (Lipinski definition) is 1. The number of morpholine rings is 1. The highest BCUT2D eigenvalue weighted by Crippen LogP contribution is 2.33. The SMILES string of the molecule is CCNc1nc(N2CCOCC2CC)c2cc(C)sc2n1. The van der Waals surface area contributed by atoms with Crippen molar-refractivity contribution in [1.82, 2.24) is 9.97 Å². The predicted octanol–water partition coefficient (Wildman–Crippen LogP) is 3.05. The second-order valence-corrected chi connectivity index (χ2v) is 6.54. The van der Waals surface area contributed by atoms with E-state index in [4.69, 9.17) is 9.72 Å². The fraction of sp³-hybridized carbons (Fsp3) is 0.600. The summed E-state index contributed by atoms with van der Waals surface area (Å²) in [5.74, 6) is 1.78. The van der Waals surface area contributed by atoms with Crippen LogP contribution in [0.1, 0.15) is 25.1 Å². The van der Waals surface area contributed by atoms with E-state index in [0.29, 0.717) is 6.04 Å². The molecule has 1 N–H and O–H groups in total. The molecule has 1 atom stereocenters. The summed E-state index contributed by atoms with van der Waals surface area (Å²) >= 11 is 1.73. The van der Waals surface area contributed by atoms with Crippen LogP contribution in [0.15, 0.2) is 6.07 Å². The van der Waals surface area contributed by atoms with E-state index in [1.165, 1.54) is 10.3 Å². The third-order valence-electron chi connectivity index (χ3n) is 3.80. The van der Waals surface area contributed by atoms with E-state index in [0.717, 1.165) is 49.3 Å². The molecule has 5 nitrogen and oxygen atoms in total. The van der Waals surface area contributed by atoms with Crippen molar-refractivity contribution in [1.29, 1.82) is 0 Å². The monoisotopic (exact) mass is 306 g/mol. The third-order valence-corrected chi connectivity index (χ3v) is 4.75. The van der Waals surface area contributed by atoms with Gasteiger partial charge in [0.15, 0.2) is 0 Å². The topological polar surface area (TPSA) is 50.3 Å². The molecule has 0 aromatic carbocycles. The number of anilines is 2. The van der Waals surface area contributed by atoms with Crippen molar-refractivity contribution in [3.63, 3.8) is 0 Å². The van der Waals surface area contributed by atoms with Crippen LogP contribution in [-0.2, 0) is 4.74 Å². The van der Waals surface area contributed by atoms with Crippen LogP contribution in [0.5, 0.6) is 0 Å². The molecule has 2 aromatic rings. The lowest BCUT2D eigenvalue weighted by atomic mass is 10.1. The zero-order chi connectivity index (χ0) is 14.8. The number of nitrogens with one attached hydrogen (secondary N) is 1. The molecular formula is C15H22N4OS. The number of aromatic nitrogens is 2. The summed E-state index contributed by atoms with van der Waals surface area (Å²) in [6, 6.07) is 2.60. The van der Waals surface area contributed by atoms with Gasteiger partial charge < -0.3 is 15.0 Å². The number of hydrogen-bond acceptors (Lipinski definition) is 6. The second kappa shape index (κ2) is 6.15. The van der Waals surface area contributed by atoms with Crippen LogP contribution in [0.3, 0.4) is 0 Å². The van der Waals surface area contributed by atoms with Gasteiger partial charge in [0.1, 0.15) is 10.6 Å². The highest BCUT2D eigenvalue weighted by molar-refractivity contribution is 7.18. The summed E-state index contributed by atoms with van der Waals surface area (Å²) < 4.78 is 5.62. The minimum atomic E-state index is 0.395. The van der Waals surface area contributed by atoms with E-state index >= 15 is 0 Å². The summed E-state index contributed by atoms with van der Waals surface area (Å²) in [6.45, 7) is 9.66. The molecule has 1 saturated heterocycles. The number of thiophene rings is 1. The van der Waals surface area contributed by atoms with E-state index in [9.17, 15) is 0 Å². The maximum absolute atomic E-state index is 5.62. The van der Waals surface area contributed by atoms with Gasteiger partial charge in [-0.05, 0) is 26.3 Å². The molecule has 1 aliphatic heterocycles. The summed E-state index contributed by atoms with van der Waals surface area (Å²) in [5.41, 5.74) is 0. The maximum atomic E-state index is 5.62. The van der Waals surface area contributed by atoms with Crippen molar-refractivity contribution >= 4 is 33.3 Å². The van der Waals surface area contributed by atoms with Crippen LogP contribution in [0.2, 0.25) is 0 Å². The Labute approximate surface area is 129 Å². The van der Waals surface area contributed by atoms with Gasteiger partial charge in [0.05, 0.1) is 24.6 Å². The Morgan fingerprint density at radius 2 is 2.29 bits per heavy atom. The van der Waals surface area contributed by atoms with Gasteiger partial charge in [-0.1, -0.05) is 6.92 Å².